The lowest BCUT2D eigenvalue weighted by Crippen LogP contribution is -2.29. The Balaban J connectivity index is 0.000000405. The first kappa shape index (κ1) is 7.03. The van der Waals surface area contributed by atoms with E-state index in [0.717, 1.165) is 19.4 Å². The van der Waals surface area contributed by atoms with Crippen LogP contribution in [0.5, 0.6) is 0 Å². The van der Waals surface area contributed by atoms with Crippen LogP contribution in [0.15, 0.2) is 0 Å². The highest BCUT2D eigenvalue weighted by molar-refractivity contribution is 5.85. The van der Waals surface area contributed by atoms with Gasteiger partial charge in [0.25, 0.3) is 0 Å². The molecule has 0 amide bonds. The Hall–Kier alpha value is -0.0800. The minimum Gasteiger partial charge on any atom is -0.313 e. The van der Waals surface area contributed by atoms with Gasteiger partial charge in [-0.1, -0.05) is 0 Å². The molecule has 1 heterocycles. The zero-order valence-electron chi connectivity index (χ0n) is 5.09. The molecule has 2 atom stereocenters. The minimum absolute atomic E-state index is 0. The second kappa shape index (κ2) is 2.27. The highest BCUT2D eigenvalue weighted by atomic mass is 35.5. The number of hydrogen-bond acceptors (Lipinski definition) is 2. The second-order valence-electron chi connectivity index (χ2n) is 2.62. The van der Waals surface area contributed by atoms with Gasteiger partial charge in [-0.25, -0.2) is 0 Å². The maximum atomic E-state index is 10.8. The van der Waals surface area contributed by atoms with Crippen molar-refractivity contribution in [3.8, 4) is 0 Å². The van der Waals surface area contributed by atoms with Gasteiger partial charge >= 0.3 is 0 Å². The molecule has 0 aromatic heterocycles. The van der Waals surface area contributed by atoms with Crippen molar-refractivity contribution in [1.82, 2.24) is 5.32 Å². The first-order chi connectivity index (χ1) is 3.88. The Morgan fingerprint density at radius 1 is 1.56 bits per heavy atom. The summed E-state index contributed by atoms with van der Waals surface area (Å²) in [7, 11) is 0. The molecule has 1 saturated carbocycles. The number of nitrogens with one attached hydrogen (secondary N) is 1. The number of hydrogen-bond donors (Lipinski definition) is 1. The van der Waals surface area contributed by atoms with Crippen LogP contribution in [0.2, 0.25) is 0 Å². The first-order valence-electron chi connectivity index (χ1n) is 3.14. The van der Waals surface area contributed by atoms with Gasteiger partial charge in [0.2, 0.25) is 0 Å². The fourth-order valence-corrected chi connectivity index (χ4v) is 1.34. The number of piperidine rings is 1. The number of ketones is 1. The highest BCUT2D eigenvalue weighted by Crippen LogP contribution is 2.34. The number of carbonyl (C=O) groups is 1. The van der Waals surface area contributed by atoms with Crippen LogP contribution in [0.1, 0.15) is 12.8 Å². The molecule has 2 fully saturated rings. The molecule has 9 heavy (non-hydrogen) atoms. The van der Waals surface area contributed by atoms with Crippen LogP contribution in [0.4, 0.5) is 0 Å². The fourth-order valence-electron chi connectivity index (χ4n) is 1.34. The molecule has 0 aromatic carbocycles. The summed E-state index contributed by atoms with van der Waals surface area (Å²) in [5.74, 6) is 0.900. The summed E-state index contributed by atoms with van der Waals surface area (Å²) in [6, 6.07) is 0.580. The van der Waals surface area contributed by atoms with Crippen molar-refractivity contribution < 1.29 is 4.79 Å². The molecule has 1 N–H and O–H groups in total. The molecule has 0 spiro atoms. The Kier molecular flexibility index (Phi) is 1.78. The molecule has 0 radical (unpaired) electrons. The highest BCUT2D eigenvalue weighted by Gasteiger charge is 2.44. The van der Waals surface area contributed by atoms with Crippen LogP contribution < -0.4 is 5.32 Å². The molecule has 2 aliphatic rings. The molecule has 2 unspecified atom stereocenters. The molecule has 0 bridgehead atoms. The Labute approximate surface area is 60.4 Å². The molecule has 52 valence electrons. The predicted octanol–water partition coefficient (Wildman–Crippen LogP) is 0.359. The van der Waals surface area contributed by atoms with Gasteiger partial charge in [0, 0.05) is 24.9 Å². The molecular formula is C6H10ClNO. The number of rotatable bonds is 0. The van der Waals surface area contributed by atoms with Crippen LogP contribution in [-0.4, -0.2) is 18.4 Å². The summed E-state index contributed by atoms with van der Waals surface area (Å²) in [6.07, 6.45) is 1.87. The lowest BCUT2D eigenvalue weighted by Gasteiger charge is -2.07. The van der Waals surface area contributed by atoms with Crippen molar-refractivity contribution >= 4 is 18.2 Å². The third-order valence-electron chi connectivity index (χ3n) is 1.98. The van der Waals surface area contributed by atoms with Crippen molar-refractivity contribution in [1.29, 1.82) is 0 Å². The van der Waals surface area contributed by atoms with E-state index in [9.17, 15) is 4.79 Å². The Bertz CT molecular complexity index is 137. The molecule has 1 saturated heterocycles. The van der Waals surface area contributed by atoms with Gasteiger partial charge in [-0.2, -0.15) is 0 Å². The zero-order valence-corrected chi connectivity index (χ0v) is 5.91. The summed E-state index contributed by atoms with van der Waals surface area (Å²) < 4.78 is 0. The number of Topliss-reactive ketones (excluding diaryl/α,β-unsaturated/α-hetero) is 1. The largest absolute Gasteiger partial charge is 0.313 e. The molecule has 3 heteroatoms. The monoisotopic (exact) mass is 147 g/mol. The predicted molar refractivity (Wildman–Crippen MR) is 36.8 cm³/mol. The number of halogens is 1. The molecule has 2 rings (SSSR count). The normalized spacial score (nSPS) is 38.9. The fraction of sp³-hybridized carbons (Fsp3) is 0.833. The van der Waals surface area contributed by atoms with Crippen LogP contribution in [0, 0.1) is 5.92 Å². The second-order valence-corrected chi connectivity index (χ2v) is 2.62. The molecule has 2 nitrogen and oxygen atoms in total. The quantitative estimate of drug-likeness (QED) is 0.536. The lowest BCUT2D eigenvalue weighted by atomic mass is 10.1. The molecule has 0 aromatic rings. The Morgan fingerprint density at radius 2 is 2.33 bits per heavy atom. The van der Waals surface area contributed by atoms with Crippen molar-refractivity contribution in [3.05, 3.63) is 0 Å². The van der Waals surface area contributed by atoms with Crippen LogP contribution in [0.25, 0.3) is 0 Å². The third kappa shape index (κ3) is 1.10. The first-order valence-corrected chi connectivity index (χ1v) is 3.14. The van der Waals surface area contributed by atoms with Crippen molar-refractivity contribution in [2.24, 2.45) is 5.92 Å². The van der Waals surface area contributed by atoms with Gasteiger partial charge in [0.15, 0.2) is 0 Å². The third-order valence-corrected chi connectivity index (χ3v) is 1.98. The zero-order chi connectivity index (χ0) is 5.56. The maximum Gasteiger partial charge on any atom is 0.138 e. The minimum atomic E-state index is 0. The van der Waals surface area contributed by atoms with Crippen LogP contribution in [-0.2, 0) is 4.79 Å². The topological polar surface area (TPSA) is 29.1 Å². The van der Waals surface area contributed by atoms with Gasteiger partial charge in [0.05, 0.1) is 0 Å². The van der Waals surface area contributed by atoms with Crippen LogP contribution in [0.3, 0.4) is 0 Å². The summed E-state index contributed by atoms with van der Waals surface area (Å²) in [4.78, 5) is 10.8. The van der Waals surface area contributed by atoms with E-state index in [4.69, 9.17) is 0 Å². The van der Waals surface area contributed by atoms with E-state index in [1.807, 2.05) is 0 Å². The van der Waals surface area contributed by atoms with Crippen molar-refractivity contribution in [2.45, 2.75) is 18.9 Å². The molecular weight excluding hydrogens is 138 g/mol. The van der Waals surface area contributed by atoms with Gasteiger partial charge in [0.1, 0.15) is 5.78 Å². The summed E-state index contributed by atoms with van der Waals surface area (Å²) in [6.45, 7) is 0.917. The average Bonchev–Trinajstić information content (AvgIpc) is 2.45. The van der Waals surface area contributed by atoms with E-state index < -0.39 is 0 Å². The molecule has 1 aliphatic carbocycles. The number of fused-ring (bicyclic) bond motifs is 1. The van der Waals surface area contributed by atoms with E-state index >= 15 is 0 Å². The SMILES string of the molecule is Cl.O=C1CCNC2CC12. The van der Waals surface area contributed by atoms with Gasteiger partial charge in [-0.3, -0.25) is 4.79 Å². The average molecular weight is 148 g/mol. The smallest absolute Gasteiger partial charge is 0.138 e. The van der Waals surface area contributed by atoms with E-state index in [2.05, 4.69) is 5.32 Å². The standard InChI is InChI=1S/C6H9NO.ClH/c8-6-1-2-7-5-3-4(5)6;/h4-5,7H,1-3H2;1H. The van der Waals surface area contributed by atoms with Gasteiger partial charge < -0.3 is 5.32 Å². The molecule has 1 aliphatic heterocycles. The van der Waals surface area contributed by atoms with Gasteiger partial charge in [-0.15, -0.1) is 12.4 Å². The lowest BCUT2D eigenvalue weighted by molar-refractivity contribution is -0.121. The van der Waals surface area contributed by atoms with E-state index in [-0.39, 0.29) is 12.4 Å². The summed E-state index contributed by atoms with van der Waals surface area (Å²) in [5, 5.41) is 3.27. The Morgan fingerprint density at radius 3 is 2.89 bits per heavy atom. The van der Waals surface area contributed by atoms with Crippen LogP contribution >= 0.6 is 12.4 Å². The van der Waals surface area contributed by atoms with E-state index in [1.165, 1.54) is 0 Å². The summed E-state index contributed by atoms with van der Waals surface area (Å²) in [5.41, 5.74) is 0. The van der Waals surface area contributed by atoms with Gasteiger partial charge in [-0.05, 0) is 6.42 Å². The van der Waals surface area contributed by atoms with E-state index in [0.29, 0.717) is 17.7 Å². The number of carbonyl (C=O) groups excluding carboxylic acids is 1. The van der Waals surface area contributed by atoms with Crippen molar-refractivity contribution in [3.63, 3.8) is 0 Å². The van der Waals surface area contributed by atoms with Crippen molar-refractivity contribution in [2.75, 3.05) is 6.54 Å². The van der Waals surface area contributed by atoms with E-state index in [1.54, 1.807) is 0 Å². The maximum absolute atomic E-state index is 10.8. The summed E-state index contributed by atoms with van der Waals surface area (Å²) >= 11 is 0.